The van der Waals surface area contributed by atoms with Gasteiger partial charge in [0, 0.05) is 5.67 Å². The summed E-state index contributed by atoms with van der Waals surface area (Å²) in [5.41, 5.74) is 0.526. The third-order valence-corrected chi connectivity index (χ3v) is 33.2. The molecule has 0 rings (SSSR count). The molecule has 1 atom stereocenters. The largest absolute Gasteiger partial charge is 0.454 e. The van der Waals surface area contributed by atoms with E-state index in [0.717, 1.165) is 24.9 Å². The van der Waals surface area contributed by atoms with E-state index in [4.69, 9.17) is 37.4 Å². The third kappa shape index (κ3) is 9.07. The van der Waals surface area contributed by atoms with Crippen molar-refractivity contribution in [3.8, 4) is 0 Å². The molecule has 0 aromatic carbocycles. The Bertz CT molecular complexity index is 582. The van der Waals surface area contributed by atoms with Gasteiger partial charge < -0.3 is 8.35 Å². The average Bonchev–Trinajstić information content (AvgIpc) is 2.46. The molecule has 1 unspecified atom stereocenters. The number of rotatable bonds is 11. The van der Waals surface area contributed by atoms with E-state index in [2.05, 4.69) is 105 Å². The van der Waals surface area contributed by atoms with Crippen LogP contribution in [-0.4, -0.2) is 49.0 Å². The Hall–Kier alpha value is 1.87. The molecule has 2 nitrogen and oxygen atoms in total. The lowest BCUT2D eigenvalue weighted by Gasteiger charge is -2.62. The minimum atomic E-state index is -2.56. The van der Waals surface area contributed by atoms with E-state index in [0.29, 0.717) is 15.7 Å². The Kier molecular flexibility index (Phi) is 11.7. The maximum absolute atomic E-state index is 7.26. The summed E-state index contributed by atoms with van der Waals surface area (Å²) >= 11 is 18.5. The number of hydrogen-bond donors (Lipinski definition) is 0. The third-order valence-electron chi connectivity index (χ3n) is 8.15. The standard InChI is InChI=1S/C22H54Cl3NOSi5/c1-16-20(29(10,11)27-28(8,9)18-17-19-32(23,24)25)26(30(12,13)21(2,3)4)31(14,15)22(5,6)7/h20H,16-19H2,1-15H3. The zero-order valence-electron chi connectivity index (χ0n) is 23.9. The lowest BCUT2D eigenvalue weighted by molar-refractivity contribution is 0.411. The molecule has 0 radical (unpaired) electrons. The first-order valence-corrected chi connectivity index (χ1v) is 29.5. The van der Waals surface area contributed by atoms with E-state index in [-0.39, 0.29) is 0 Å². The molecule has 0 fully saturated rings. The molecular weight excluding hydrogens is 541 g/mol. The number of halogens is 3. The summed E-state index contributed by atoms with van der Waals surface area (Å²) in [4.78, 5) is 0. The van der Waals surface area contributed by atoms with E-state index in [9.17, 15) is 0 Å². The molecule has 0 amide bonds. The minimum Gasteiger partial charge on any atom is -0.454 e. The topological polar surface area (TPSA) is 12.5 Å². The van der Waals surface area contributed by atoms with Crippen molar-refractivity contribution in [3.05, 3.63) is 0 Å². The molecule has 0 aliphatic carbocycles. The molecule has 0 aromatic heterocycles. The molecular formula is C22H54Cl3NOSi5. The molecule has 0 N–H and O–H groups in total. The Labute approximate surface area is 221 Å². The number of nitrogens with zero attached hydrogens (tertiary/aromatic N) is 1. The lowest BCUT2D eigenvalue weighted by atomic mass is 10.2. The highest BCUT2D eigenvalue weighted by molar-refractivity contribution is 7.64. The van der Waals surface area contributed by atoms with Crippen LogP contribution in [0.5, 0.6) is 0 Å². The Morgan fingerprint density at radius 1 is 0.719 bits per heavy atom. The second-order valence-corrected chi connectivity index (χ2v) is 42.5. The predicted molar refractivity (Wildman–Crippen MR) is 164 cm³/mol. The highest BCUT2D eigenvalue weighted by Crippen LogP contribution is 2.49. The minimum absolute atomic E-state index is 0.294. The maximum atomic E-state index is 7.26. The van der Waals surface area contributed by atoms with Crippen LogP contribution in [0.1, 0.15) is 61.3 Å². The molecule has 0 saturated carbocycles. The highest BCUT2D eigenvalue weighted by Gasteiger charge is 2.57. The van der Waals surface area contributed by atoms with Crippen LogP contribution >= 0.6 is 33.2 Å². The summed E-state index contributed by atoms with van der Waals surface area (Å²) in [6.07, 6.45) is 2.13. The fraction of sp³-hybridized carbons (Fsp3) is 1.00. The van der Waals surface area contributed by atoms with Gasteiger partial charge in [-0.2, -0.15) is 0 Å². The fourth-order valence-electron chi connectivity index (χ4n) is 4.73. The zero-order valence-corrected chi connectivity index (χ0v) is 31.2. The van der Waals surface area contributed by atoms with Crippen LogP contribution in [0.3, 0.4) is 0 Å². The van der Waals surface area contributed by atoms with Gasteiger partial charge in [0.25, 0.3) is 0 Å². The van der Waals surface area contributed by atoms with Crippen molar-refractivity contribution in [3.63, 3.8) is 0 Å². The molecule has 0 spiro atoms. The first kappa shape index (κ1) is 33.9. The Morgan fingerprint density at radius 2 is 1.09 bits per heavy atom. The average molecular weight is 595 g/mol. The Morgan fingerprint density at radius 3 is 1.38 bits per heavy atom. The van der Waals surface area contributed by atoms with Crippen LogP contribution in [-0.2, 0) is 4.12 Å². The van der Waals surface area contributed by atoms with E-state index in [1.54, 1.807) is 0 Å². The molecule has 194 valence electrons. The lowest BCUT2D eigenvalue weighted by Crippen LogP contribution is -2.76. The molecule has 32 heavy (non-hydrogen) atoms. The van der Waals surface area contributed by atoms with Crippen molar-refractivity contribution in [2.75, 3.05) is 0 Å². The van der Waals surface area contributed by atoms with Gasteiger partial charge in [-0.15, -0.1) is 33.2 Å². The summed E-state index contributed by atoms with van der Waals surface area (Å²) in [5, 5.41) is 0.588. The second-order valence-electron chi connectivity index (χ2n) is 13.8. The number of hydrogen-bond acceptors (Lipinski definition) is 2. The summed E-state index contributed by atoms with van der Waals surface area (Å²) in [6.45, 7) is 37.3. The van der Waals surface area contributed by atoms with Crippen molar-refractivity contribution in [1.82, 2.24) is 4.23 Å². The molecule has 0 bridgehead atoms. The SMILES string of the molecule is CCC(N([Si](C)(C)C(C)(C)C)[Si](C)(C)C(C)(C)C)[Si](C)(C)O[Si](C)(C)CCC[Si](Cl)(Cl)Cl. The predicted octanol–water partition coefficient (Wildman–Crippen LogP) is 10.1. The van der Waals surface area contributed by atoms with Crippen molar-refractivity contribution in [2.45, 2.75) is 142 Å². The summed E-state index contributed by atoms with van der Waals surface area (Å²) < 4.78 is 10.4. The summed E-state index contributed by atoms with van der Waals surface area (Å²) in [7, 11) is -7.46. The highest BCUT2D eigenvalue weighted by atomic mass is 35.8. The molecule has 10 heteroatoms. The van der Waals surface area contributed by atoms with Crippen LogP contribution < -0.4 is 0 Å². The summed E-state index contributed by atoms with van der Waals surface area (Å²) in [5.74, 6) is 0. The summed E-state index contributed by atoms with van der Waals surface area (Å²) in [6, 6.07) is -0.753. The molecule has 0 aliphatic rings. The second kappa shape index (κ2) is 11.1. The first-order valence-electron chi connectivity index (χ1n) is 12.3. The van der Waals surface area contributed by atoms with Crippen molar-refractivity contribution < 1.29 is 4.12 Å². The van der Waals surface area contributed by atoms with Gasteiger partial charge in [0.1, 0.15) is 16.5 Å². The smallest absolute Gasteiger partial charge is 0.341 e. The molecule has 0 aromatic rings. The Balaban J connectivity index is 6.27. The molecule has 0 saturated heterocycles. The quantitative estimate of drug-likeness (QED) is 0.174. The van der Waals surface area contributed by atoms with Gasteiger partial charge >= 0.3 is 6.00 Å². The molecule has 0 aliphatic heterocycles. The first-order chi connectivity index (χ1) is 13.7. The fourth-order valence-corrected chi connectivity index (χ4v) is 30.9. The van der Waals surface area contributed by atoms with E-state index in [1.807, 2.05) is 0 Å². The van der Waals surface area contributed by atoms with Crippen LogP contribution in [0.15, 0.2) is 0 Å². The van der Waals surface area contributed by atoms with Gasteiger partial charge in [0.2, 0.25) is 0 Å². The monoisotopic (exact) mass is 593 g/mol. The van der Waals surface area contributed by atoms with Crippen molar-refractivity contribution in [2.24, 2.45) is 0 Å². The van der Waals surface area contributed by atoms with E-state index < -0.39 is 39.1 Å². The van der Waals surface area contributed by atoms with Gasteiger partial charge in [0.15, 0.2) is 16.6 Å². The van der Waals surface area contributed by atoms with Gasteiger partial charge in [0.05, 0.1) is 0 Å². The van der Waals surface area contributed by atoms with Crippen LogP contribution in [0.25, 0.3) is 0 Å². The van der Waals surface area contributed by atoms with Gasteiger partial charge in [-0.05, 0) is 54.8 Å². The van der Waals surface area contributed by atoms with Gasteiger partial charge in [-0.25, -0.2) is 0 Å². The normalized spacial score (nSPS) is 16.6. The zero-order chi connectivity index (χ0) is 26.2. The van der Waals surface area contributed by atoms with Gasteiger partial charge in [-0.3, -0.25) is 0 Å². The van der Waals surface area contributed by atoms with E-state index in [1.165, 1.54) is 0 Å². The van der Waals surface area contributed by atoms with Crippen LogP contribution in [0.4, 0.5) is 0 Å². The van der Waals surface area contributed by atoms with Crippen LogP contribution in [0, 0.1) is 0 Å². The molecule has 0 heterocycles. The van der Waals surface area contributed by atoms with Crippen molar-refractivity contribution in [1.29, 1.82) is 0 Å². The van der Waals surface area contributed by atoms with Crippen molar-refractivity contribution >= 4 is 72.3 Å². The van der Waals surface area contributed by atoms with E-state index >= 15 is 0 Å². The maximum Gasteiger partial charge on any atom is 0.341 e. The van der Waals surface area contributed by atoms with Crippen LogP contribution in [0.2, 0.25) is 74.5 Å². The van der Waals surface area contributed by atoms with Gasteiger partial charge in [-0.1, -0.05) is 81.1 Å².